The van der Waals surface area contributed by atoms with Crippen LogP contribution in [0, 0.1) is 0 Å². The smallest absolute Gasteiger partial charge is 0.176 e. The van der Waals surface area contributed by atoms with Gasteiger partial charge in [0.05, 0.1) is 5.54 Å². The van der Waals surface area contributed by atoms with Gasteiger partial charge < -0.3 is 9.84 Å². The quantitative estimate of drug-likeness (QED) is 0.314. The summed E-state index contributed by atoms with van der Waals surface area (Å²) in [6, 6.07) is 15.8. The minimum Gasteiger partial charge on any atom is -0.508 e. The predicted octanol–water partition coefficient (Wildman–Crippen LogP) is 5.40. The highest BCUT2D eigenvalue weighted by atomic mass is 79.9. The fraction of sp³-hybridized carbons (Fsp3) is 0.391. The number of thioether (sulfide) groups is 1. The largest absolute Gasteiger partial charge is 0.508 e. The molecule has 29 heavy (non-hydrogen) atoms. The average molecular weight is 475 g/mol. The van der Waals surface area contributed by atoms with Crippen LogP contribution in [0.1, 0.15) is 43.9 Å². The summed E-state index contributed by atoms with van der Waals surface area (Å²) in [6.45, 7) is 8.33. The number of phenols is 1. The molecular weight excluding hydrogens is 448 g/mol. The van der Waals surface area contributed by atoms with Crippen molar-refractivity contribution < 1.29 is 9.84 Å². The summed E-state index contributed by atoms with van der Waals surface area (Å²) >= 11 is 5.66. The maximum Gasteiger partial charge on any atom is 0.176 e. The molecule has 1 spiro atoms. The molecule has 0 radical (unpaired) electrons. The summed E-state index contributed by atoms with van der Waals surface area (Å²) < 4.78 is 5.88. The second kappa shape index (κ2) is 7.65. The molecule has 2 aliphatic heterocycles. The van der Waals surface area contributed by atoms with E-state index in [1.54, 1.807) is 23.9 Å². The molecule has 1 fully saturated rings. The Bertz CT molecular complexity index is 907. The molecule has 0 aromatic heterocycles. The zero-order chi connectivity index (χ0) is 20.7. The van der Waals surface area contributed by atoms with Crippen molar-refractivity contribution in [3.63, 3.8) is 0 Å². The molecule has 3 atom stereocenters. The third kappa shape index (κ3) is 4.22. The molecule has 1 saturated heterocycles. The summed E-state index contributed by atoms with van der Waals surface area (Å²) in [5.41, 5.74) is 1.77. The molecule has 3 N–H and O–H groups in total. The number of halogens is 1. The Balaban J connectivity index is 1.81. The lowest BCUT2D eigenvalue weighted by Gasteiger charge is -2.56. The maximum atomic E-state index is 10.1. The van der Waals surface area contributed by atoms with Crippen molar-refractivity contribution in [1.29, 1.82) is 0 Å². The number of hydrogen-bond donors (Lipinski definition) is 3. The number of fused-ring (bicyclic) bond motifs is 2. The molecule has 4 nitrogen and oxygen atoms in total. The summed E-state index contributed by atoms with van der Waals surface area (Å²) in [6.07, 6.45) is 3.48. The number of nitrogens with one attached hydrogen (secondary N) is 2. The van der Waals surface area contributed by atoms with Crippen molar-refractivity contribution in [1.82, 2.24) is 10.6 Å². The fourth-order valence-electron chi connectivity index (χ4n) is 4.63. The summed E-state index contributed by atoms with van der Waals surface area (Å²) in [5, 5.41) is 17.7. The van der Waals surface area contributed by atoms with Crippen LogP contribution in [-0.4, -0.2) is 20.3 Å². The first kappa shape index (κ1) is 20.8. The van der Waals surface area contributed by atoms with Crippen molar-refractivity contribution in [2.45, 2.75) is 47.8 Å². The lowest BCUT2D eigenvalue weighted by atomic mass is 9.72. The van der Waals surface area contributed by atoms with Crippen LogP contribution in [0.2, 0.25) is 0 Å². The molecule has 2 aromatic rings. The summed E-state index contributed by atoms with van der Waals surface area (Å²) in [5.74, 6) is 1.75. The van der Waals surface area contributed by atoms with Crippen LogP contribution in [0.25, 0.3) is 0 Å². The van der Waals surface area contributed by atoms with E-state index < -0.39 is 3.90 Å². The van der Waals surface area contributed by atoms with Crippen molar-refractivity contribution >= 4 is 27.7 Å². The molecule has 4 rings (SSSR count). The minimum absolute atomic E-state index is 0.104. The molecule has 2 aromatic carbocycles. The normalized spacial score (nSPS) is 30.4. The van der Waals surface area contributed by atoms with Crippen LogP contribution in [0.15, 0.2) is 61.2 Å². The molecule has 6 heteroatoms. The van der Waals surface area contributed by atoms with Gasteiger partial charge in [-0.3, -0.25) is 10.6 Å². The molecule has 154 valence electrons. The predicted molar refractivity (Wildman–Crippen MR) is 123 cm³/mol. The second-order valence-corrected chi connectivity index (χ2v) is 11.4. The van der Waals surface area contributed by atoms with Gasteiger partial charge in [0.25, 0.3) is 0 Å². The Morgan fingerprint density at radius 3 is 2.72 bits per heavy atom. The first-order valence-electron chi connectivity index (χ1n) is 9.82. The topological polar surface area (TPSA) is 53.5 Å². The number of benzene rings is 2. The highest BCUT2D eigenvalue weighted by Crippen LogP contribution is 2.53. The van der Waals surface area contributed by atoms with Crippen LogP contribution in [0.4, 0.5) is 0 Å². The summed E-state index contributed by atoms with van der Waals surface area (Å²) in [7, 11) is 0. The number of hydrogen-bond acceptors (Lipinski definition) is 5. The van der Waals surface area contributed by atoms with Gasteiger partial charge in [-0.2, -0.15) is 0 Å². The highest BCUT2D eigenvalue weighted by molar-refractivity contribution is 9.11. The van der Waals surface area contributed by atoms with E-state index >= 15 is 0 Å². The van der Waals surface area contributed by atoms with Crippen LogP contribution in [-0.2, 0) is 5.54 Å². The highest BCUT2D eigenvalue weighted by Gasteiger charge is 2.54. The molecule has 0 amide bonds. The van der Waals surface area contributed by atoms with Gasteiger partial charge in [-0.05, 0) is 53.9 Å². The molecule has 0 bridgehead atoms. The van der Waals surface area contributed by atoms with Gasteiger partial charge >= 0.3 is 0 Å². The Morgan fingerprint density at radius 1 is 1.24 bits per heavy atom. The van der Waals surface area contributed by atoms with Crippen LogP contribution >= 0.6 is 27.7 Å². The van der Waals surface area contributed by atoms with Gasteiger partial charge in [-0.15, -0.1) is 18.3 Å². The summed E-state index contributed by atoms with van der Waals surface area (Å²) in [4.78, 5) is 0. The van der Waals surface area contributed by atoms with E-state index in [9.17, 15) is 5.11 Å². The van der Waals surface area contributed by atoms with Gasteiger partial charge in [-0.1, -0.05) is 36.4 Å². The Hall–Kier alpha value is -1.47. The van der Waals surface area contributed by atoms with E-state index in [-0.39, 0.29) is 22.9 Å². The standard InChI is InChI=1S/C23H27BrN2O2S/c1-4-12-29-23(24)25-21(2,3)15-22(26-23)14-20(16-8-6-5-7-9-16)28-19-13-17(27)10-11-18(19)22/h4-11,13,20,25-27H,1,12,14-15H2,2-3H3/t20-,22-,23+/m0/s1. The number of aromatic hydroxyl groups is 1. The average Bonchev–Trinajstić information content (AvgIpc) is 2.65. The second-order valence-electron chi connectivity index (χ2n) is 8.49. The lowest BCUT2D eigenvalue weighted by Crippen LogP contribution is -2.71. The van der Waals surface area contributed by atoms with Crippen molar-refractivity contribution in [3.8, 4) is 11.5 Å². The molecule has 0 unspecified atom stereocenters. The van der Waals surface area contributed by atoms with Gasteiger partial charge in [0.1, 0.15) is 17.6 Å². The fourth-order valence-corrected chi connectivity index (χ4v) is 6.90. The van der Waals surface area contributed by atoms with Gasteiger partial charge in [0.15, 0.2) is 3.90 Å². The maximum absolute atomic E-state index is 10.1. The van der Waals surface area contributed by atoms with Gasteiger partial charge in [0, 0.05) is 29.3 Å². The number of phenolic OH excluding ortho intramolecular Hbond substituents is 1. The molecular formula is C23H27BrN2O2S. The number of ether oxygens (including phenoxy) is 1. The van der Waals surface area contributed by atoms with E-state index in [1.165, 1.54) is 0 Å². The van der Waals surface area contributed by atoms with Crippen LogP contribution in [0.3, 0.4) is 0 Å². The van der Waals surface area contributed by atoms with Crippen molar-refractivity contribution in [3.05, 3.63) is 72.3 Å². The van der Waals surface area contributed by atoms with Crippen molar-refractivity contribution in [2.75, 3.05) is 5.75 Å². The van der Waals surface area contributed by atoms with Crippen molar-refractivity contribution in [2.24, 2.45) is 0 Å². The van der Waals surface area contributed by atoms with E-state index in [2.05, 4.69) is 59.1 Å². The van der Waals surface area contributed by atoms with E-state index in [1.807, 2.05) is 30.3 Å². The van der Waals surface area contributed by atoms with E-state index in [0.717, 1.165) is 35.5 Å². The Labute approximate surface area is 185 Å². The van der Waals surface area contributed by atoms with Crippen LogP contribution < -0.4 is 15.4 Å². The lowest BCUT2D eigenvalue weighted by molar-refractivity contribution is 0.0469. The first-order valence-corrected chi connectivity index (χ1v) is 11.6. The molecule has 2 heterocycles. The minimum atomic E-state index is -0.503. The number of rotatable bonds is 4. The van der Waals surface area contributed by atoms with Crippen LogP contribution in [0.5, 0.6) is 11.5 Å². The van der Waals surface area contributed by atoms with E-state index in [4.69, 9.17) is 4.74 Å². The molecule has 0 aliphatic carbocycles. The Kier molecular flexibility index (Phi) is 5.49. The first-order chi connectivity index (χ1) is 13.7. The zero-order valence-corrected chi connectivity index (χ0v) is 19.1. The zero-order valence-electron chi connectivity index (χ0n) is 16.7. The Morgan fingerprint density at radius 2 is 2.00 bits per heavy atom. The number of alkyl halides is 1. The SMILES string of the molecule is C=CCS[C@]1(Br)NC(C)(C)C[C@]2(C[C@@H](c3ccccc3)Oc3cc(O)ccc32)N1. The van der Waals surface area contributed by atoms with E-state index in [0.29, 0.717) is 0 Å². The van der Waals surface area contributed by atoms with Gasteiger partial charge in [-0.25, -0.2) is 0 Å². The monoisotopic (exact) mass is 474 g/mol. The molecule has 0 saturated carbocycles. The molecule has 2 aliphatic rings. The third-order valence-corrected chi connectivity index (χ3v) is 7.59. The van der Waals surface area contributed by atoms with Gasteiger partial charge in [0.2, 0.25) is 0 Å². The third-order valence-electron chi connectivity index (χ3n) is 5.50.